The van der Waals surface area contributed by atoms with E-state index in [9.17, 15) is 9.59 Å². The first kappa shape index (κ1) is 22.4. The fraction of sp³-hybridized carbons (Fsp3) is 0.154. The summed E-state index contributed by atoms with van der Waals surface area (Å²) in [5.41, 5.74) is 0.878. The van der Waals surface area contributed by atoms with Gasteiger partial charge < -0.3 is 20.1 Å². The van der Waals surface area contributed by atoms with Crippen LogP contribution in [-0.2, 0) is 11.3 Å². The number of fused-ring (bicyclic) bond motifs is 1. The van der Waals surface area contributed by atoms with Crippen molar-refractivity contribution in [3.05, 3.63) is 88.6 Å². The van der Waals surface area contributed by atoms with Gasteiger partial charge in [0.05, 0.1) is 24.9 Å². The molecular formula is C26H24N2O4S. The van der Waals surface area contributed by atoms with Crippen LogP contribution < -0.4 is 20.1 Å². The number of benzene rings is 3. The fourth-order valence-corrected chi connectivity index (χ4v) is 4.05. The number of hydrogen-bond acceptors (Lipinski definition) is 5. The Labute approximate surface area is 196 Å². The molecule has 1 aromatic heterocycles. The van der Waals surface area contributed by atoms with E-state index in [2.05, 4.69) is 10.6 Å². The number of rotatable bonds is 8. The lowest BCUT2D eigenvalue weighted by atomic mass is 10.0. The maximum absolute atomic E-state index is 13.2. The molecule has 1 heterocycles. The first-order chi connectivity index (χ1) is 16.0. The molecule has 0 spiro atoms. The van der Waals surface area contributed by atoms with Crippen molar-refractivity contribution in [2.75, 3.05) is 12.4 Å². The van der Waals surface area contributed by atoms with Gasteiger partial charge in [0.25, 0.3) is 11.8 Å². The number of ether oxygens (including phenoxy) is 2. The van der Waals surface area contributed by atoms with Gasteiger partial charge in [0.2, 0.25) is 0 Å². The zero-order valence-electron chi connectivity index (χ0n) is 18.3. The lowest BCUT2D eigenvalue weighted by Gasteiger charge is -2.18. The summed E-state index contributed by atoms with van der Waals surface area (Å²) in [5.74, 6) is 0.273. The van der Waals surface area contributed by atoms with Crippen LogP contribution in [0.2, 0.25) is 0 Å². The lowest BCUT2D eigenvalue weighted by Crippen LogP contribution is -2.36. The van der Waals surface area contributed by atoms with Gasteiger partial charge in [-0.25, -0.2) is 0 Å². The Bertz CT molecular complexity index is 1270. The van der Waals surface area contributed by atoms with Gasteiger partial charge >= 0.3 is 0 Å². The summed E-state index contributed by atoms with van der Waals surface area (Å²) in [6.45, 7) is 2.10. The number of nitrogens with one attached hydrogen (secondary N) is 2. The Hall–Kier alpha value is -3.84. The number of amides is 2. The largest absolute Gasteiger partial charge is 0.495 e. The molecule has 33 heavy (non-hydrogen) atoms. The Morgan fingerprint density at radius 2 is 1.67 bits per heavy atom. The van der Waals surface area contributed by atoms with Crippen LogP contribution in [0.5, 0.6) is 11.5 Å². The molecule has 2 amide bonds. The van der Waals surface area contributed by atoms with Crippen LogP contribution >= 0.6 is 11.3 Å². The minimum Gasteiger partial charge on any atom is -0.495 e. The molecule has 6 nitrogen and oxygen atoms in total. The van der Waals surface area contributed by atoms with Gasteiger partial charge in [-0.15, -0.1) is 11.3 Å². The van der Waals surface area contributed by atoms with Crippen LogP contribution in [0, 0.1) is 0 Å². The number of thiophene rings is 1. The second kappa shape index (κ2) is 10.2. The number of hydrogen-bond donors (Lipinski definition) is 2. The molecule has 1 atom stereocenters. The highest BCUT2D eigenvalue weighted by Crippen LogP contribution is 2.30. The van der Waals surface area contributed by atoms with E-state index >= 15 is 0 Å². The van der Waals surface area contributed by atoms with Crippen molar-refractivity contribution in [1.82, 2.24) is 5.32 Å². The van der Waals surface area contributed by atoms with Crippen LogP contribution in [-0.4, -0.2) is 25.0 Å². The second-order valence-corrected chi connectivity index (χ2v) is 8.44. The van der Waals surface area contributed by atoms with E-state index in [0.29, 0.717) is 29.3 Å². The predicted molar refractivity (Wildman–Crippen MR) is 131 cm³/mol. The molecule has 0 fully saturated rings. The topological polar surface area (TPSA) is 76.7 Å². The molecule has 0 saturated carbocycles. The van der Waals surface area contributed by atoms with E-state index < -0.39 is 6.10 Å². The van der Waals surface area contributed by atoms with E-state index in [-0.39, 0.29) is 11.8 Å². The molecule has 0 saturated heterocycles. The molecule has 7 heteroatoms. The summed E-state index contributed by atoms with van der Waals surface area (Å²) in [4.78, 5) is 26.9. The van der Waals surface area contributed by atoms with Crippen LogP contribution in [0.1, 0.15) is 22.2 Å². The number of para-hydroxylation sites is 2. The third kappa shape index (κ3) is 5.32. The molecule has 0 aliphatic carbocycles. The summed E-state index contributed by atoms with van der Waals surface area (Å²) in [5, 5.41) is 9.53. The first-order valence-corrected chi connectivity index (χ1v) is 11.4. The van der Waals surface area contributed by atoms with Gasteiger partial charge in [0.15, 0.2) is 6.10 Å². The zero-order chi connectivity index (χ0) is 23.2. The zero-order valence-corrected chi connectivity index (χ0v) is 19.1. The van der Waals surface area contributed by atoms with Crippen molar-refractivity contribution >= 4 is 39.6 Å². The lowest BCUT2D eigenvalue weighted by molar-refractivity contribution is -0.127. The minimum atomic E-state index is -0.788. The van der Waals surface area contributed by atoms with Crippen LogP contribution in [0.3, 0.4) is 0 Å². The molecule has 2 N–H and O–H groups in total. The standard InChI is InChI=1S/C26H24N2O4S/c1-17(25(29)27-16-20-10-7-13-33-20)32-24-15-19-9-4-3-8-18(19)14-21(24)26(30)28-22-11-5-6-12-23(22)31-2/h3-15,17H,16H2,1-2H3,(H,27,29)(H,28,30). The van der Waals surface area contributed by atoms with Gasteiger partial charge in [-0.05, 0) is 53.4 Å². The van der Waals surface area contributed by atoms with E-state index in [1.165, 1.54) is 0 Å². The number of anilines is 1. The first-order valence-electron chi connectivity index (χ1n) is 10.5. The van der Waals surface area contributed by atoms with Crippen molar-refractivity contribution < 1.29 is 19.1 Å². The summed E-state index contributed by atoms with van der Waals surface area (Å²) in [7, 11) is 1.55. The quantitative estimate of drug-likeness (QED) is 0.377. The van der Waals surface area contributed by atoms with E-state index in [0.717, 1.165) is 15.6 Å². The Morgan fingerprint density at radius 1 is 0.939 bits per heavy atom. The van der Waals surface area contributed by atoms with E-state index in [1.807, 2.05) is 53.9 Å². The molecule has 1 unspecified atom stereocenters. The average Bonchev–Trinajstić information content (AvgIpc) is 3.36. The molecule has 0 aliphatic rings. The van der Waals surface area contributed by atoms with Crippen LogP contribution in [0.25, 0.3) is 10.8 Å². The SMILES string of the molecule is COc1ccccc1NC(=O)c1cc2ccccc2cc1OC(C)C(=O)NCc1cccs1. The third-order valence-electron chi connectivity index (χ3n) is 5.14. The summed E-state index contributed by atoms with van der Waals surface area (Å²) >= 11 is 1.57. The van der Waals surface area contributed by atoms with E-state index in [4.69, 9.17) is 9.47 Å². The van der Waals surface area contributed by atoms with Gasteiger partial charge in [-0.3, -0.25) is 9.59 Å². The molecule has 168 valence electrons. The highest BCUT2D eigenvalue weighted by molar-refractivity contribution is 7.09. The maximum atomic E-state index is 13.2. The van der Waals surface area contributed by atoms with Crippen molar-refractivity contribution in [1.29, 1.82) is 0 Å². The number of carbonyl (C=O) groups excluding carboxylic acids is 2. The van der Waals surface area contributed by atoms with Gasteiger partial charge in [-0.2, -0.15) is 0 Å². The molecule has 4 rings (SSSR count). The predicted octanol–water partition coefficient (Wildman–Crippen LogP) is 5.25. The second-order valence-electron chi connectivity index (χ2n) is 7.41. The molecule has 0 bridgehead atoms. The van der Waals surface area contributed by atoms with Crippen molar-refractivity contribution in [2.24, 2.45) is 0 Å². The average molecular weight is 461 g/mol. The third-order valence-corrected chi connectivity index (χ3v) is 6.01. The fourth-order valence-electron chi connectivity index (χ4n) is 3.41. The monoisotopic (exact) mass is 460 g/mol. The normalized spacial score (nSPS) is 11.6. The Kier molecular flexibility index (Phi) is 6.90. The van der Waals surface area contributed by atoms with Crippen molar-refractivity contribution in [3.8, 4) is 11.5 Å². The van der Waals surface area contributed by atoms with Crippen molar-refractivity contribution in [3.63, 3.8) is 0 Å². The number of methoxy groups -OCH3 is 1. The van der Waals surface area contributed by atoms with Gasteiger partial charge in [0, 0.05) is 4.88 Å². The molecule has 0 aliphatic heterocycles. The number of carbonyl (C=O) groups is 2. The molecular weight excluding hydrogens is 436 g/mol. The van der Waals surface area contributed by atoms with E-state index in [1.54, 1.807) is 49.6 Å². The van der Waals surface area contributed by atoms with Gasteiger partial charge in [-0.1, -0.05) is 42.5 Å². The molecule has 3 aromatic carbocycles. The summed E-state index contributed by atoms with van der Waals surface area (Å²) in [6, 6.07) is 22.3. The smallest absolute Gasteiger partial charge is 0.261 e. The Balaban J connectivity index is 1.59. The summed E-state index contributed by atoms with van der Waals surface area (Å²) in [6.07, 6.45) is -0.788. The maximum Gasteiger partial charge on any atom is 0.261 e. The highest BCUT2D eigenvalue weighted by Gasteiger charge is 2.21. The Morgan fingerprint density at radius 3 is 2.39 bits per heavy atom. The summed E-state index contributed by atoms with van der Waals surface area (Å²) < 4.78 is 11.3. The van der Waals surface area contributed by atoms with Crippen LogP contribution in [0.4, 0.5) is 5.69 Å². The van der Waals surface area contributed by atoms with Crippen molar-refractivity contribution in [2.45, 2.75) is 19.6 Å². The molecule has 4 aromatic rings. The molecule has 0 radical (unpaired) electrons. The minimum absolute atomic E-state index is 0.257. The highest BCUT2D eigenvalue weighted by atomic mass is 32.1. The van der Waals surface area contributed by atoms with Crippen LogP contribution in [0.15, 0.2) is 78.2 Å². The van der Waals surface area contributed by atoms with Gasteiger partial charge in [0.1, 0.15) is 11.5 Å².